The van der Waals surface area contributed by atoms with E-state index in [2.05, 4.69) is 37.4 Å². The second kappa shape index (κ2) is 3.96. The molecule has 0 aromatic rings. The predicted octanol–water partition coefficient (Wildman–Crippen LogP) is 2.90. The summed E-state index contributed by atoms with van der Waals surface area (Å²) in [5.74, 6) is 0. The highest BCUT2D eigenvalue weighted by molar-refractivity contribution is 5.39. The third kappa shape index (κ3) is 2.12. The van der Waals surface area contributed by atoms with Crippen LogP contribution in [0.2, 0.25) is 0 Å². The lowest BCUT2D eigenvalue weighted by Crippen LogP contribution is -2.14. The SMILES string of the molecule is C/C=C\C=C1/NC(C)=CC=C1C. The third-order valence-electron chi connectivity index (χ3n) is 1.80. The molecule has 0 amide bonds. The van der Waals surface area contributed by atoms with Gasteiger partial charge in [0.1, 0.15) is 0 Å². The molecule has 0 bridgehead atoms. The van der Waals surface area contributed by atoms with E-state index in [0.29, 0.717) is 0 Å². The van der Waals surface area contributed by atoms with E-state index in [4.69, 9.17) is 0 Å². The quantitative estimate of drug-likeness (QED) is 0.623. The van der Waals surface area contributed by atoms with Crippen LogP contribution in [0.3, 0.4) is 0 Å². The molecule has 1 aliphatic rings. The molecule has 12 heavy (non-hydrogen) atoms. The Hall–Kier alpha value is -1.24. The van der Waals surface area contributed by atoms with Gasteiger partial charge >= 0.3 is 0 Å². The Morgan fingerprint density at radius 2 is 2.00 bits per heavy atom. The highest BCUT2D eigenvalue weighted by Gasteiger charge is 2.02. The van der Waals surface area contributed by atoms with E-state index in [-0.39, 0.29) is 0 Å². The predicted molar refractivity (Wildman–Crippen MR) is 53.5 cm³/mol. The first kappa shape index (κ1) is 8.85. The van der Waals surface area contributed by atoms with Gasteiger partial charge in [-0.15, -0.1) is 0 Å². The van der Waals surface area contributed by atoms with E-state index in [1.54, 1.807) is 0 Å². The summed E-state index contributed by atoms with van der Waals surface area (Å²) in [6.07, 6.45) is 10.4. The zero-order valence-corrected chi connectivity index (χ0v) is 7.89. The number of hydrogen-bond acceptors (Lipinski definition) is 1. The third-order valence-corrected chi connectivity index (χ3v) is 1.80. The Morgan fingerprint density at radius 3 is 2.67 bits per heavy atom. The molecule has 0 aromatic heterocycles. The van der Waals surface area contributed by atoms with Crippen molar-refractivity contribution in [2.75, 3.05) is 0 Å². The summed E-state index contributed by atoms with van der Waals surface area (Å²) < 4.78 is 0. The molecule has 0 unspecified atom stereocenters. The molecule has 0 radical (unpaired) electrons. The molecular formula is C11H15N. The molecule has 1 heterocycles. The number of hydrogen-bond donors (Lipinski definition) is 1. The molecular weight excluding hydrogens is 146 g/mol. The van der Waals surface area contributed by atoms with Crippen molar-refractivity contribution in [3.8, 4) is 0 Å². The zero-order chi connectivity index (χ0) is 8.97. The first-order valence-electron chi connectivity index (χ1n) is 4.19. The fourth-order valence-electron chi connectivity index (χ4n) is 1.06. The van der Waals surface area contributed by atoms with Crippen LogP contribution in [0.25, 0.3) is 0 Å². The zero-order valence-electron chi connectivity index (χ0n) is 7.89. The topological polar surface area (TPSA) is 12.0 Å². The summed E-state index contributed by atoms with van der Waals surface area (Å²) in [4.78, 5) is 0. The molecule has 0 aliphatic carbocycles. The highest BCUT2D eigenvalue weighted by Crippen LogP contribution is 2.13. The minimum absolute atomic E-state index is 1.19. The Balaban J connectivity index is 2.83. The summed E-state index contributed by atoms with van der Waals surface area (Å²) >= 11 is 0. The summed E-state index contributed by atoms with van der Waals surface area (Å²) in [5, 5.41) is 3.30. The van der Waals surface area contributed by atoms with Crippen LogP contribution >= 0.6 is 0 Å². The van der Waals surface area contributed by atoms with E-state index in [9.17, 15) is 0 Å². The van der Waals surface area contributed by atoms with Gasteiger partial charge in [-0.05, 0) is 38.5 Å². The molecule has 0 spiro atoms. The van der Waals surface area contributed by atoms with Gasteiger partial charge in [0, 0.05) is 11.4 Å². The van der Waals surface area contributed by atoms with E-state index >= 15 is 0 Å². The maximum absolute atomic E-state index is 3.30. The summed E-state index contributed by atoms with van der Waals surface area (Å²) in [5.41, 5.74) is 3.66. The smallest absolute Gasteiger partial charge is 0.0411 e. The van der Waals surface area contributed by atoms with Gasteiger partial charge in [-0.3, -0.25) is 0 Å². The van der Waals surface area contributed by atoms with E-state index in [1.807, 2.05) is 19.1 Å². The van der Waals surface area contributed by atoms with E-state index < -0.39 is 0 Å². The van der Waals surface area contributed by atoms with E-state index in [1.165, 1.54) is 17.0 Å². The molecule has 1 nitrogen and oxygen atoms in total. The van der Waals surface area contributed by atoms with Crippen molar-refractivity contribution in [1.29, 1.82) is 0 Å². The van der Waals surface area contributed by atoms with Crippen LogP contribution in [0.1, 0.15) is 20.8 Å². The lowest BCUT2D eigenvalue weighted by atomic mass is 10.1. The van der Waals surface area contributed by atoms with Crippen molar-refractivity contribution in [2.24, 2.45) is 0 Å². The molecule has 1 rings (SSSR count). The first-order chi connectivity index (χ1) is 5.74. The average molecular weight is 161 g/mol. The van der Waals surface area contributed by atoms with Gasteiger partial charge in [0.15, 0.2) is 0 Å². The summed E-state index contributed by atoms with van der Waals surface area (Å²) in [7, 11) is 0. The molecule has 64 valence electrons. The van der Waals surface area contributed by atoms with Gasteiger partial charge in [-0.1, -0.05) is 18.2 Å². The van der Waals surface area contributed by atoms with Crippen molar-refractivity contribution in [3.05, 3.63) is 47.3 Å². The molecule has 0 fully saturated rings. The van der Waals surface area contributed by atoms with Crippen LogP contribution in [0.15, 0.2) is 47.3 Å². The monoisotopic (exact) mass is 161 g/mol. The number of dihydropyridines is 1. The van der Waals surface area contributed by atoms with E-state index in [0.717, 1.165) is 0 Å². The largest absolute Gasteiger partial charge is 0.359 e. The van der Waals surface area contributed by atoms with Gasteiger partial charge in [-0.25, -0.2) is 0 Å². The lowest BCUT2D eigenvalue weighted by Gasteiger charge is -2.15. The number of rotatable bonds is 1. The van der Waals surface area contributed by atoms with Crippen LogP contribution in [0, 0.1) is 0 Å². The van der Waals surface area contributed by atoms with Gasteiger partial charge in [0.25, 0.3) is 0 Å². The van der Waals surface area contributed by atoms with Gasteiger partial charge in [0.05, 0.1) is 0 Å². The van der Waals surface area contributed by atoms with Crippen LogP contribution in [-0.2, 0) is 0 Å². The van der Waals surface area contributed by atoms with Crippen molar-refractivity contribution >= 4 is 0 Å². The lowest BCUT2D eigenvalue weighted by molar-refractivity contribution is 0.958. The Morgan fingerprint density at radius 1 is 1.25 bits per heavy atom. The van der Waals surface area contributed by atoms with Gasteiger partial charge in [0.2, 0.25) is 0 Å². The standard InChI is InChI=1S/C11H15N/c1-4-5-6-11-9(2)7-8-10(3)12-11/h4-8,12H,1-3H3/b5-4-,11-6-. The number of nitrogens with one attached hydrogen (secondary N) is 1. The van der Waals surface area contributed by atoms with Crippen LogP contribution in [-0.4, -0.2) is 0 Å². The molecule has 1 N–H and O–H groups in total. The van der Waals surface area contributed by atoms with Crippen molar-refractivity contribution in [3.63, 3.8) is 0 Å². The normalized spacial score (nSPS) is 20.8. The fraction of sp³-hybridized carbons (Fsp3) is 0.273. The highest BCUT2D eigenvalue weighted by atomic mass is 14.9. The number of allylic oxidation sites excluding steroid dienone is 7. The Labute approximate surface area is 74.2 Å². The van der Waals surface area contributed by atoms with Crippen molar-refractivity contribution in [1.82, 2.24) is 5.32 Å². The molecule has 1 aliphatic heterocycles. The maximum Gasteiger partial charge on any atom is 0.0411 e. The molecule has 0 atom stereocenters. The van der Waals surface area contributed by atoms with Crippen molar-refractivity contribution in [2.45, 2.75) is 20.8 Å². The molecule has 1 heteroatoms. The second-order valence-corrected chi connectivity index (χ2v) is 2.93. The summed E-state index contributed by atoms with van der Waals surface area (Å²) in [6, 6.07) is 0. The fourth-order valence-corrected chi connectivity index (χ4v) is 1.06. The Bertz CT molecular complexity index is 277. The second-order valence-electron chi connectivity index (χ2n) is 2.93. The first-order valence-corrected chi connectivity index (χ1v) is 4.19. The minimum Gasteiger partial charge on any atom is -0.359 e. The van der Waals surface area contributed by atoms with Gasteiger partial charge in [-0.2, -0.15) is 0 Å². The maximum atomic E-state index is 3.30. The summed E-state index contributed by atoms with van der Waals surface area (Å²) in [6.45, 7) is 6.18. The molecule has 0 saturated heterocycles. The molecule has 0 saturated carbocycles. The van der Waals surface area contributed by atoms with Crippen LogP contribution in [0.5, 0.6) is 0 Å². The van der Waals surface area contributed by atoms with Crippen LogP contribution in [0.4, 0.5) is 0 Å². The minimum atomic E-state index is 1.19. The van der Waals surface area contributed by atoms with Crippen LogP contribution < -0.4 is 5.32 Å². The Kier molecular flexibility index (Phi) is 2.92. The molecule has 0 aromatic carbocycles. The van der Waals surface area contributed by atoms with Gasteiger partial charge < -0.3 is 5.32 Å². The average Bonchev–Trinajstić information content (AvgIpc) is 2.07. The van der Waals surface area contributed by atoms with Crippen molar-refractivity contribution < 1.29 is 0 Å².